The molecule has 20 heavy (non-hydrogen) atoms. The van der Waals surface area contributed by atoms with Crippen molar-refractivity contribution in [2.45, 2.75) is 25.9 Å². The molecule has 0 saturated carbocycles. The van der Waals surface area contributed by atoms with Crippen LogP contribution in [-0.2, 0) is 11.3 Å². The molecule has 0 bridgehead atoms. The number of hydrogen-bond acceptors (Lipinski definition) is 6. The highest BCUT2D eigenvalue weighted by atomic mass is 32.1. The number of hydrogen-bond donors (Lipinski definition) is 1. The second-order valence-electron chi connectivity index (χ2n) is 4.97. The van der Waals surface area contributed by atoms with Crippen molar-refractivity contribution in [3.8, 4) is 11.4 Å². The number of aliphatic carboxylic acids is 1. The highest BCUT2D eigenvalue weighted by Gasteiger charge is 2.36. The standard InChI is InChI=1S/C13H15N3O3S/c1-8-10(13(17)18)2-4-16(8)6-11-14-12(15-19-11)9-3-5-20-7-9/h3,5,7-8,10H,2,4,6H2,1H3,(H,17,18). The minimum atomic E-state index is -0.732. The van der Waals surface area contributed by atoms with E-state index in [1.807, 2.05) is 23.8 Å². The number of thiophene rings is 1. The molecule has 2 aromatic rings. The summed E-state index contributed by atoms with van der Waals surface area (Å²) in [6, 6.07) is 1.93. The third-order valence-electron chi connectivity index (χ3n) is 3.79. The van der Waals surface area contributed by atoms with Crippen molar-refractivity contribution in [2.75, 3.05) is 6.54 Å². The van der Waals surface area contributed by atoms with Crippen LogP contribution in [-0.4, -0.2) is 38.7 Å². The zero-order valence-electron chi connectivity index (χ0n) is 11.0. The predicted octanol–water partition coefficient (Wildman–Crippen LogP) is 2.09. The van der Waals surface area contributed by atoms with Crippen molar-refractivity contribution < 1.29 is 14.4 Å². The molecule has 1 aliphatic heterocycles. The normalized spacial score (nSPS) is 23.2. The molecule has 0 spiro atoms. The number of aromatic nitrogens is 2. The molecular formula is C13H15N3O3S. The van der Waals surface area contributed by atoms with E-state index in [0.717, 1.165) is 12.1 Å². The SMILES string of the molecule is CC1C(C(=O)O)CCN1Cc1nc(-c2ccsc2)no1. The summed E-state index contributed by atoms with van der Waals surface area (Å²) in [6.45, 7) is 3.18. The fourth-order valence-corrected chi connectivity index (χ4v) is 3.19. The molecule has 0 radical (unpaired) electrons. The van der Waals surface area contributed by atoms with Crippen LogP contribution in [0.2, 0.25) is 0 Å². The molecule has 0 amide bonds. The summed E-state index contributed by atoms with van der Waals surface area (Å²) in [4.78, 5) is 17.5. The predicted molar refractivity (Wildman–Crippen MR) is 73.2 cm³/mol. The highest BCUT2D eigenvalue weighted by Crippen LogP contribution is 2.26. The maximum atomic E-state index is 11.1. The first kappa shape index (κ1) is 13.3. The second-order valence-corrected chi connectivity index (χ2v) is 5.75. The van der Waals surface area contributed by atoms with Crippen LogP contribution in [0.3, 0.4) is 0 Å². The molecule has 3 rings (SSSR count). The van der Waals surface area contributed by atoms with Crippen LogP contribution in [0.4, 0.5) is 0 Å². The van der Waals surface area contributed by atoms with Crippen LogP contribution in [0.15, 0.2) is 21.3 Å². The largest absolute Gasteiger partial charge is 0.481 e. The molecule has 0 aliphatic carbocycles. The fourth-order valence-electron chi connectivity index (χ4n) is 2.56. The Bertz CT molecular complexity index is 596. The van der Waals surface area contributed by atoms with E-state index >= 15 is 0 Å². The van der Waals surface area contributed by atoms with Crippen LogP contribution >= 0.6 is 11.3 Å². The lowest BCUT2D eigenvalue weighted by atomic mass is 10.0. The maximum Gasteiger partial charge on any atom is 0.308 e. The molecule has 2 unspecified atom stereocenters. The molecule has 6 nitrogen and oxygen atoms in total. The van der Waals surface area contributed by atoms with Crippen LogP contribution in [0.5, 0.6) is 0 Å². The smallest absolute Gasteiger partial charge is 0.308 e. The van der Waals surface area contributed by atoms with Gasteiger partial charge in [-0.1, -0.05) is 5.16 Å². The Labute approximate surface area is 120 Å². The fraction of sp³-hybridized carbons (Fsp3) is 0.462. The number of carbonyl (C=O) groups is 1. The van der Waals surface area contributed by atoms with Crippen LogP contribution in [0.1, 0.15) is 19.2 Å². The van der Waals surface area contributed by atoms with E-state index in [1.54, 1.807) is 11.3 Å². The number of nitrogens with zero attached hydrogens (tertiary/aromatic N) is 3. The van der Waals surface area contributed by atoms with Crippen molar-refractivity contribution >= 4 is 17.3 Å². The van der Waals surface area contributed by atoms with Crippen LogP contribution in [0.25, 0.3) is 11.4 Å². The number of likely N-dealkylation sites (tertiary alicyclic amines) is 1. The van der Waals surface area contributed by atoms with Gasteiger partial charge in [0, 0.05) is 17.0 Å². The van der Waals surface area contributed by atoms with Gasteiger partial charge < -0.3 is 9.63 Å². The average Bonchev–Trinajstić information content (AvgIpc) is 3.12. The van der Waals surface area contributed by atoms with Gasteiger partial charge in [-0.25, -0.2) is 0 Å². The minimum Gasteiger partial charge on any atom is -0.481 e. The van der Waals surface area contributed by atoms with Crippen LogP contribution < -0.4 is 0 Å². The third-order valence-corrected chi connectivity index (χ3v) is 4.47. The summed E-state index contributed by atoms with van der Waals surface area (Å²) in [7, 11) is 0. The number of rotatable bonds is 4. The Morgan fingerprint density at radius 1 is 1.65 bits per heavy atom. The Morgan fingerprint density at radius 2 is 2.50 bits per heavy atom. The molecule has 1 fully saturated rings. The van der Waals surface area contributed by atoms with Gasteiger partial charge in [0.1, 0.15) is 0 Å². The van der Waals surface area contributed by atoms with E-state index in [4.69, 9.17) is 9.63 Å². The summed E-state index contributed by atoms with van der Waals surface area (Å²) in [6.07, 6.45) is 0.669. The van der Waals surface area contributed by atoms with E-state index in [9.17, 15) is 4.79 Å². The van der Waals surface area contributed by atoms with Gasteiger partial charge in [0.2, 0.25) is 11.7 Å². The van der Waals surface area contributed by atoms with Gasteiger partial charge in [-0.15, -0.1) is 0 Å². The van der Waals surface area contributed by atoms with Crippen molar-refractivity contribution in [2.24, 2.45) is 5.92 Å². The molecule has 106 valence electrons. The highest BCUT2D eigenvalue weighted by molar-refractivity contribution is 7.08. The van der Waals surface area contributed by atoms with Gasteiger partial charge in [-0.3, -0.25) is 9.69 Å². The van der Waals surface area contributed by atoms with E-state index in [1.165, 1.54) is 0 Å². The van der Waals surface area contributed by atoms with Crippen LogP contribution in [0, 0.1) is 5.92 Å². The molecule has 7 heteroatoms. The van der Waals surface area contributed by atoms with Gasteiger partial charge in [-0.2, -0.15) is 16.3 Å². The van der Waals surface area contributed by atoms with E-state index in [-0.39, 0.29) is 12.0 Å². The first-order valence-electron chi connectivity index (χ1n) is 6.47. The van der Waals surface area contributed by atoms with Gasteiger partial charge >= 0.3 is 5.97 Å². The van der Waals surface area contributed by atoms with Crippen molar-refractivity contribution in [1.82, 2.24) is 15.0 Å². The lowest BCUT2D eigenvalue weighted by Gasteiger charge is -2.20. The van der Waals surface area contributed by atoms with Crippen molar-refractivity contribution in [3.05, 3.63) is 22.7 Å². The Hall–Kier alpha value is -1.73. The quantitative estimate of drug-likeness (QED) is 0.930. The zero-order chi connectivity index (χ0) is 14.1. The van der Waals surface area contributed by atoms with Gasteiger partial charge in [0.25, 0.3) is 0 Å². The van der Waals surface area contributed by atoms with E-state index in [2.05, 4.69) is 15.0 Å². The Kier molecular flexibility index (Phi) is 3.54. The second kappa shape index (κ2) is 5.34. The summed E-state index contributed by atoms with van der Waals surface area (Å²) >= 11 is 1.58. The van der Waals surface area contributed by atoms with Gasteiger partial charge in [-0.05, 0) is 31.3 Å². The molecule has 1 aliphatic rings. The monoisotopic (exact) mass is 293 g/mol. The summed E-state index contributed by atoms with van der Waals surface area (Å²) < 4.78 is 5.25. The molecule has 3 heterocycles. The van der Waals surface area contributed by atoms with Crippen molar-refractivity contribution in [3.63, 3.8) is 0 Å². The number of carboxylic acids is 1. The van der Waals surface area contributed by atoms with Gasteiger partial charge in [0.05, 0.1) is 12.5 Å². The van der Waals surface area contributed by atoms with Crippen molar-refractivity contribution in [1.29, 1.82) is 0 Å². The third kappa shape index (κ3) is 2.46. The maximum absolute atomic E-state index is 11.1. The first-order chi connectivity index (χ1) is 9.65. The summed E-state index contributed by atoms with van der Waals surface area (Å²) in [5, 5.41) is 17.0. The molecule has 1 N–H and O–H groups in total. The minimum absolute atomic E-state index is 0.0102. The van der Waals surface area contributed by atoms with E-state index in [0.29, 0.717) is 24.7 Å². The molecular weight excluding hydrogens is 278 g/mol. The molecule has 0 aromatic carbocycles. The zero-order valence-corrected chi connectivity index (χ0v) is 11.8. The molecule has 2 atom stereocenters. The topological polar surface area (TPSA) is 79.5 Å². The lowest BCUT2D eigenvalue weighted by Crippen LogP contribution is -2.32. The first-order valence-corrected chi connectivity index (χ1v) is 7.41. The Morgan fingerprint density at radius 3 is 3.15 bits per heavy atom. The molecule has 2 aromatic heterocycles. The summed E-state index contributed by atoms with van der Waals surface area (Å²) in [5.74, 6) is 0.0748. The van der Waals surface area contributed by atoms with E-state index < -0.39 is 5.97 Å². The molecule has 1 saturated heterocycles. The summed E-state index contributed by atoms with van der Waals surface area (Å²) in [5.41, 5.74) is 0.947. The lowest BCUT2D eigenvalue weighted by molar-refractivity contribution is -0.142. The number of carboxylic acid groups (broad SMARTS) is 1. The average molecular weight is 293 g/mol. The Balaban J connectivity index is 1.69. The van der Waals surface area contributed by atoms with Gasteiger partial charge in [0.15, 0.2) is 0 Å².